The minimum Gasteiger partial charge on any atom is -0.278 e. The first kappa shape index (κ1) is 13.8. The molecule has 0 spiro atoms. The largest absolute Gasteiger partial charge is 0.278 e. The third kappa shape index (κ3) is 3.21. The van der Waals surface area contributed by atoms with Crippen molar-refractivity contribution in [2.45, 2.75) is 11.8 Å². The van der Waals surface area contributed by atoms with Gasteiger partial charge >= 0.3 is 0 Å². The maximum Gasteiger partial charge on any atom is 0.261 e. The quantitative estimate of drug-likeness (QED) is 0.948. The summed E-state index contributed by atoms with van der Waals surface area (Å²) in [5.41, 5.74) is 0.824. The Kier molecular flexibility index (Phi) is 3.73. The maximum absolute atomic E-state index is 12.9. The van der Waals surface area contributed by atoms with E-state index in [2.05, 4.69) is 9.71 Å². The lowest BCUT2D eigenvalue weighted by Crippen LogP contribution is -2.13. The molecule has 0 aliphatic heterocycles. The van der Waals surface area contributed by atoms with Gasteiger partial charge in [0, 0.05) is 11.1 Å². The van der Waals surface area contributed by atoms with E-state index in [1.807, 2.05) is 0 Å². The average Bonchev–Trinajstić information content (AvgIpc) is 2.32. The molecule has 0 amide bonds. The molecular weight excluding hydrogens is 291 g/mol. The lowest BCUT2D eigenvalue weighted by molar-refractivity contribution is 0.601. The number of anilines is 1. The predicted octanol–water partition coefficient (Wildman–Crippen LogP) is 2.98. The number of pyridine rings is 1. The molecule has 0 fully saturated rings. The summed E-state index contributed by atoms with van der Waals surface area (Å²) in [6.07, 6.45) is 2.21. The Morgan fingerprint density at radius 3 is 2.63 bits per heavy atom. The van der Waals surface area contributed by atoms with Gasteiger partial charge in [0.15, 0.2) is 0 Å². The molecular formula is C12H10ClFN2O2S. The fraction of sp³-hybridized carbons (Fsp3) is 0.0833. The molecule has 1 aromatic carbocycles. The Morgan fingerprint density at radius 2 is 2.00 bits per heavy atom. The topological polar surface area (TPSA) is 59.1 Å². The Bertz CT molecular complexity index is 719. The van der Waals surface area contributed by atoms with Gasteiger partial charge < -0.3 is 0 Å². The van der Waals surface area contributed by atoms with Crippen LogP contribution < -0.4 is 4.72 Å². The van der Waals surface area contributed by atoms with E-state index >= 15 is 0 Å². The van der Waals surface area contributed by atoms with E-state index in [1.165, 1.54) is 18.3 Å². The molecule has 0 aliphatic rings. The van der Waals surface area contributed by atoms with Gasteiger partial charge in [-0.3, -0.25) is 9.71 Å². The van der Waals surface area contributed by atoms with Gasteiger partial charge in [-0.05, 0) is 24.6 Å². The molecule has 100 valence electrons. The summed E-state index contributed by atoms with van der Waals surface area (Å²) < 4.78 is 39.3. The molecule has 1 heterocycles. The van der Waals surface area contributed by atoms with Crippen LogP contribution in [0.3, 0.4) is 0 Å². The van der Waals surface area contributed by atoms with Gasteiger partial charge in [0.1, 0.15) is 5.82 Å². The van der Waals surface area contributed by atoms with E-state index in [0.29, 0.717) is 5.02 Å². The Labute approximate surface area is 115 Å². The van der Waals surface area contributed by atoms with E-state index in [9.17, 15) is 12.8 Å². The van der Waals surface area contributed by atoms with Crippen LogP contribution in [0.1, 0.15) is 5.56 Å². The molecule has 2 aromatic rings. The fourth-order valence-electron chi connectivity index (χ4n) is 1.42. The van der Waals surface area contributed by atoms with Crippen molar-refractivity contribution in [3.05, 3.63) is 53.1 Å². The summed E-state index contributed by atoms with van der Waals surface area (Å²) in [6.45, 7) is 1.77. The normalized spacial score (nSPS) is 11.3. The van der Waals surface area contributed by atoms with Crippen molar-refractivity contribution < 1.29 is 12.8 Å². The van der Waals surface area contributed by atoms with Gasteiger partial charge in [0.25, 0.3) is 10.0 Å². The summed E-state index contributed by atoms with van der Waals surface area (Å²) in [6, 6.07) is 5.41. The maximum atomic E-state index is 12.9. The van der Waals surface area contributed by atoms with Crippen LogP contribution in [0, 0.1) is 12.7 Å². The molecule has 19 heavy (non-hydrogen) atoms. The molecule has 0 atom stereocenters. The van der Waals surface area contributed by atoms with Crippen molar-refractivity contribution in [2.24, 2.45) is 0 Å². The van der Waals surface area contributed by atoms with Crippen LogP contribution >= 0.6 is 11.6 Å². The third-order valence-electron chi connectivity index (χ3n) is 2.41. The second kappa shape index (κ2) is 5.14. The predicted molar refractivity (Wildman–Crippen MR) is 71.2 cm³/mol. The number of nitrogens with one attached hydrogen (secondary N) is 1. The highest BCUT2D eigenvalue weighted by molar-refractivity contribution is 7.92. The van der Waals surface area contributed by atoms with Crippen molar-refractivity contribution in [1.29, 1.82) is 0 Å². The van der Waals surface area contributed by atoms with E-state index in [-0.39, 0.29) is 10.6 Å². The monoisotopic (exact) mass is 300 g/mol. The van der Waals surface area contributed by atoms with E-state index in [0.717, 1.165) is 17.8 Å². The lowest BCUT2D eigenvalue weighted by Gasteiger charge is -2.08. The Hall–Kier alpha value is -1.66. The summed E-state index contributed by atoms with van der Waals surface area (Å²) >= 11 is 5.88. The Balaban J connectivity index is 2.35. The first-order chi connectivity index (χ1) is 8.88. The van der Waals surface area contributed by atoms with Crippen LogP contribution in [0.2, 0.25) is 5.02 Å². The highest BCUT2D eigenvalue weighted by atomic mass is 35.5. The number of rotatable bonds is 3. The molecule has 2 rings (SSSR count). The molecule has 7 heteroatoms. The zero-order chi connectivity index (χ0) is 14.0. The van der Waals surface area contributed by atoms with E-state index in [1.54, 1.807) is 13.0 Å². The first-order valence-corrected chi connectivity index (χ1v) is 7.14. The molecule has 0 saturated carbocycles. The summed E-state index contributed by atoms with van der Waals surface area (Å²) in [4.78, 5) is 3.57. The van der Waals surface area contributed by atoms with Crippen molar-refractivity contribution in [1.82, 2.24) is 4.98 Å². The third-order valence-corrected chi connectivity index (χ3v) is 4.20. The summed E-state index contributed by atoms with van der Waals surface area (Å²) in [5.74, 6) is -0.623. The van der Waals surface area contributed by atoms with Crippen molar-refractivity contribution in [3.8, 4) is 0 Å². The molecule has 0 unspecified atom stereocenters. The average molecular weight is 301 g/mol. The molecule has 0 aliphatic carbocycles. The highest BCUT2D eigenvalue weighted by Gasteiger charge is 2.15. The number of nitrogens with zero attached hydrogens (tertiary/aromatic N) is 1. The number of sulfonamides is 1. The SMILES string of the molecule is Cc1ccc(S(=O)(=O)Nc2cncc(F)c2)cc1Cl. The molecule has 0 radical (unpaired) electrons. The minimum atomic E-state index is -3.81. The van der Waals surface area contributed by atoms with Crippen molar-refractivity contribution in [2.75, 3.05) is 4.72 Å². The van der Waals surface area contributed by atoms with Crippen LogP contribution in [0.15, 0.2) is 41.6 Å². The fourth-order valence-corrected chi connectivity index (χ4v) is 2.73. The van der Waals surface area contributed by atoms with Gasteiger partial charge in [0.05, 0.1) is 23.0 Å². The highest BCUT2D eigenvalue weighted by Crippen LogP contribution is 2.22. The molecule has 0 saturated heterocycles. The standard InChI is InChI=1S/C12H10ClFN2O2S/c1-8-2-3-11(5-12(8)13)19(17,18)16-10-4-9(14)6-15-7-10/h2-7,16H,1H3. The van der Waals surface area contributed by atoms with Crippen LogP contribution in [-0.2, 0) is 10.0 Å². The number of aryl methyl sites for hydroxylation is 1. The number of hydrogen-bond acceptors (Lipinski definition) is 3. The zero-order valence-corrected chi connectivity index (χ0v) is 11.5. The second-order valence-corrected chi connectivity index (χ2v) is 6.00. The van der Waals surface area contributed by atoms with E-state index in [4.69, 9.17) is 11.6 Å². The van der Waals surface area contributed by atoms with Gasteiger partial charge in [-0.1, -0.05) is 17.7 Å². The van der Waals surface area contributed by atoms with Gasteiger partial charge in [-0.15, -0.1) is 0 Å². The van der Waals surface area contributed by atoms with Crippen molar-refractivity contribution in [3.63, 3.8) is 0 Å². The first-order valence-electron chi connectivity index (χ1n) is 5.28. The smallest absolute Gasteiger partial charge is 0.261 e. The van der Waals surface area contributed by atoms with Gasteiger partial charge in [-0.2, -0.15) is 0 Å². The van der Waals surface area contributed by atoms with E-state index < -0.39 is 15.8 Å². The van der Waals surface area contributed by atoms with Crippen LogP contribution in [0.4, 0.5) is 10.1 Å². The van der Waals surface area contributed by atoms with Crippen LogP contribution in [0.25, 0.3) is 0 Å². The molecule has 1 aromatic heterocycles. The lowest BCUT2D eigenvalue weighted by atomic mass is 10.2. The van der Waals surface area contributed by atoms with Crippen LogP contribution in [0.5, 0.6) is 0 Å². The number of hydrogen-bond donors (Lipinski definition) is 1. The number of aromatic nitrogens is 1. The Morgan fingerprint density at radius 1 is 1.26 bits per heavy atom. The summed E-state index contributed by atoms with van der Waals surface area (Å²) in [5, 5.41) is 0.347. The van der Waals surface area contributed by atoms with Gasteiger partial charge in [0.2, 0.25) is 0 Å². The van der Waals surface area contributed by atoms with Gasteiger partial charge in [-0.25, -0.2) is 12.8 Å². The number of halogens is 2. The molecule has 0 bridgehead atoms. The minimum absolute atomic E-state index is 0.00682. The number of benzene rings is 1. The second-order valence-electron chi connectivity index (χ2n) is 3.91. The molecule has 4 nitrogen and oxygen atoms in total. The summed E-state index contributed by atoms with van der Waals surface area (Å²) in [7, 11) is -3.81. The zero-order valence-electron chi connectivity index (χ0n) is 9.89. The molecule has 1 N–H and O–H groups in total. The van der Waals surface area contributed by atoms with Crippen molar-refractivity contribution >= 4 is 27.3 Å². The van der Waals surface area contributed by atoms with Crippen LogP contribution in [-0.4, -0.2) is 13.4 Å².